The Morgan fingerprint density at radius 3 is 2.62 bits per heavy atom. The first kappa shape index (κ1) is 17.1. The van der Waals surface area contributed by atoms with Crippen LogP contribution in [0.15, 0.2) is 0 Å². The normalized spacial score (nSPS) is 54.2. The lowest BCUT2D eigenvalue weighted by atomic mass is 9.57. The first-order valence-electron chi connectivity index (χ1n) is 8.48. The average Bonchev–Trinajstić information content (AvgIpc) is 2.68. The van der Waals surface area contributed by atoms with E-state index in [0.717, 1.165) is 19.3 Å². The highest BCUT2D eigenvalue weighted by Crippen LogP contribution is 2.61. The van der Waals surface area contributed by atoms with E-state index in [1.54, 1.807) is 6.92 Å². The van der Waals surface area contributed by atoms with E-state index in [1.165, 1.54) is 0 Å². The monoisotopic (exact) mass is 363 g/mol. The number of hydrogen-bond acceptors (Lipinski definition) is 7. The molecule has 5 aliphatic rings. The van der Waals surface area contributed by atoms with Gasteiger partial charge < -0.3 is 9.47 Å². The van der Waals surface area contributed by atoms with Crippen molar-refractivity contribution in [1.82, 2.24) is 0 Å². The van der Waals surface area contributed by atoms with Gasteiger partial charge in [-0.05, 0) is 44.9 Å². The van der Waals surface area contributed by atoms with Gasteiger partial charge in [0.2, 0.25) is 5.79 Å². The molecule has 5 rings (SSSR count). The molecule has 8 nitrogen and oxygen atoms in total. The van der Waals surface area contributed by atoms with Gasteiger partial charge in [0.1, 0.15) is 5.60 Å². The Morgan fingerprint density at radius 1 is 1.17 bits per heavy atom. The number of rotatable bonds is 2. The molecule has 1 spiro atoms. The summed E-state index contributed by atoms with van der Waals surface area (Å²) < 4.78 is 40.5. The van der Waals surface area contributed by atoms with Crippen LogP contribution in [-0.2, 0) is 33.7 Å². The van der Waals surface area contributed by atoms with E-state index >= 15 is 0 Å². The van der Waals surface area contributed by atoms with Crippen molar-refractivity contribution in [2.45, 2.75) is 69.7 Å². The van der Waals surface area contributed by atoms with Crippen LogP contribution in [0.4, 0.5) is 0 Å². The minimum absolute atomic E-state index is 0.0705. The van der Waals surface area contributed by atoms with E-state index in [-0.39, 0.29) is 18.4 Å². The molecule has 5 fully saturated rings. The second kappa shape index (κ2) is 5.12. The first-order chi connectivity index (χ1) is 11.1. The number of fused-ring (bicyclic) bond motifs is 2. The average molecular weight is 363 g/mol. The summed E-state index contributed by atoms with van der Waals surface area (Å²) in [5, 5.41) is 5.15. The number of ether oxygens (including phenoxy) is 2. The highest BCUT2D eigenvalue weighted by atomic mass is 32.2. The fraction of sp³-hybridized carbons (Fsp3) is 1.00. The van der Waals surface area contributed by atoms with Crippen LogP contribution in [0.5, 0.6) is 0 Å². The molecule has 4 heterocycles. The van der Waals surface area contributed by atoms with E-state index < -0.39 is 33.6 Å². The van der Waals surface area contributed by atoms with Crippen molar-refractivity contribution in [3.8, 4) is 0 Å². The predicted octanol–water partition coefficient (Wildman–Crippen LogP) is 1.21. The first-order valence-corrected chi connectivity index (χ1v) is 9.95. The maximum Gasteiger partial charge on any atom is 0.333 e. The van der Waals surface area contributed by atoms with Gasteiger partial charge in [-0.3, -0.25) is 0 Å². The highest BCUT2D eigenvalue weighted by molar-refractivity contribution is 7.84. The van der Waals surface area contributed by atoms with Crippen LogP contribution in [0.1, 0.15) is 46.5 Å². The Morgan fingerprint density at radius 2 is 1.92 bits per heavy atom. The van der Waals surface area contributed by atoms with E-state index in [0.29, 0.717) is 12.3 Å². The van der Waals surface area contributed by atoms with Crippen LogP contribution >= 0.6 is 0 Å². The quantitative estimate of drug-likeness (QED) is 0.735. The molecule has 0 amide bonds. The topological polar surface area (TPSA) is 106 Å². The molecule has 0 aromatic heterocycles. The molecule has 0 aromatic rings. The van der Waals surface area contributed by atoms with Gasteiger partial charge in [0.15, 0.2) is 11.9 Å². The van der Waals surface area contributed by atoms with Crippen LogP contribution in [0.3, 0.4) is 0 Å². The fourth-order valence-corrected chi connectivity index (χ4v) is 5.92. The maximum absolute atomic E-state index is 11.6. The lowest BCUT2D eigenvalue weighted by Crippen LogP contribution is -2.73. The van der Waals surface area contributed by atoms with Crippen LogP contribution < -0.4 is 5.14 Å². The van der Waals surface area contributed by atoms with Crippen LogP contribution in [-0.4, -0.2) is 38.3 Å². The van der Waals surface area contributed by atoms with Crippen LogP contribution in [0, 0.1) is 17.8 Å². The van der Waals surface area contributed by atoms with Gasteiger partial charge in [-0.15, -0.1) is 0 Å². The van der Waals surface area contributed by atoms with Gasteiger partial charge >= 0.3 is 10.3 Å². The van der Waals surface area contributed by atoms with Gasteiger partial charge in [0, 0.05) is 12.3 Å². The molecule has 0 aromatic carbocycles. The van der Waals surface area contributed by atoms with E-state index in [1.807, 2.05) is 6.92 Å². The van der Waals surface area contributed by atoms with Crippen molar-refractivity contribution in [3.05, 3.63) is 0 Å². The molecule has 4 aliphatic heterocycles. The zero-order chi connectivity index (χ0) is 17.4. The summed E-state index contributed by atoms with van der Waals surface area (Å²) in [5.41, 5.74) is -2.00. The Hall–Kier alpha value is -0.290. The second-order valence-corrected chi connectivity index (χ2v) is 9.21. The largest absolute Gasteiger partial charge is 0.346 e. The molecule has 1 aliphatic carbocycles. The van der Waals surface area contributed by atoms with Crippen molar-refractivity contribution in [3.63, 3.8) is 0 Å². The summed E-state index contributed by atoms with van der Waals surface area (Å²) in [6.07, 6.45) is 2.64. The molecule has 0 radical (unpaired) electrons. The zero-order valence-corrected chi connectivity index (χ0v) is 15.0. The summed E-state index contributed by atoms with van der Waals surface area (Å²) in [6, 6.07) is 0. The van der Waals surface area contributed by atoms with Crippen LogP contribution in [0.2, 0.25) is 0 Å². The highest BCUT2D eigenvalue weighted by Gasteiger charge is 2.71. The van der Waals surface area contributed by atoms with Crippen molar-refractivity contribution in [1.29, 1.82) is 0 Å². The Labute approximate surface area is 142 Å². The molecule has 2 N–H and O–H groups in total. The molecule has 2 bridgehead atoms. The molecular formula is C15H25NO7S. The summed E-state index contributed by atoms with van der Waals surface area (Å²) >= 11 is 0. The molecule has 7 atom stereocenters. The summed E-state index contributed by atoms with van der Waals surface area (Å²) in [6.45, 7) is 5.81. The SMILES string of the molecule is C[C@@H]1CC[C@@H]2[C@]34OO[C@](C)(CC[C@@H]13)O[C@H]4OC[C@]2(C)OS(N)(=O)=O. The lowest BCUT2D eigenvalue weighted by Gasteiger charge is -2.61. The number of hydrogen-bond donors (Lipinski definition) is 1. The third kappa shape index (κ3) is 2.37. The Bertz CT molecular complexity index is 642. The summed E-state index contributed by atoms with van der Waals surface area (Å²) in [5.74, 6) is -0.580. The van der Waals surface area contributed by atoms with Gasteiger partial charge in [0.25, 0.3) is 0 Å². The molecule has 1 saturated carbocycles. The summed E-state index contributed by atoms with van der Waals surface area (Å²) in [4.78, 5) is 11.6. The Kier molecular flexibility index (Phi) is 3.66. The van der Waals surface area contributed by atoms with Crippen molar-refractivity contribution in [2.24, 2.45) is 22.9 Å². The summed E-state index contributed by atoms with van der Waals surface area (Å²) in [7, 11) is -4.13. The van der Waals surface area contributed by atoms with E-state index in [4.69, 9.17) is 28.6 Å². The minimum atomic E-state index is -4.13. The van der Waals surface area contributed by atoms with E-state index in [2.05, 4.69) is 6.92 Å². The smallest absolute Gasteiger partial charge is 0.333 e. The fourth-order valence-electron chi connectivity index (χ4n) is 5.22. The zero-order valence-electron chi connectivity index (χ0n) is 14.2. The van der Waals surface area contributed by atoms with Crippen molar-refractivity contribution < 1.29 is 31.8 Å². The van der Waals surface area contributed by atoms with Crippen molar-refractivity contribution in [2.75, 3.05) is 6.61 Å². The second-order valence-electron chi connectivity index (χ2n) is 8.06. The predicted molar refractivity (Wildman–Crippen MR) is 81.3 cm³/mol. The molecule has 9 heteroatoms. The molecular weight excluding hydrogens is 338 g/mol. The van der Waals surface area contributed by atoms with Gasteiger partial charge in [-0.1, -0.05) is 6.92 Å². The van der Waals surface area contributed by atoms with Gasteiger partial charge in [0.05, 0.1) is 6.61 Å². The minimum Gasteiger partial charge on any atom is -0.346 e. The Balaban J connectivity index is 1.80. The lowest BCUT2D eigenvalue weighted by molar-refractivity contribution is -0.571. The third-order valence-corrected chi connectivity index (χ3v) is 6.90. The molecule has 4 saturated heterocycles. The van der Waals surface area contributed by atoms with Crippen LogP contribution in [0.25, 0.3) is 0 Å². The molecule has 138 valence electrons. The maximum atomic E-state index is 11.6. The van der Waals surface area contributed by atoms with Crippen molar-refractivity contribution >= 4 is 10.3 Å². The standard InChI is InChI=1S/C15H25NO7S/c1-9-4-5-11-13(2,23-24(16,17)18)8-19-12-15(11)10(9)6-7-14(3,20-12)21-22-15/h9-12H,4-8H2,1-3H3,(H2,16,17,18)/t9-,10+,11+,12-,13+,14-,15-/m1/s1. The van der Waals surface area contributed by atoms with Gasteiger partial charge in [-0.25, -0.2) is 19.1 Å². The van der Waals surface area contributed by atoms with E-state index in [9.17, 15) is 8.42 Å². The van der Waals surface area contributed by atoms with Gasteiger partial charge in [-0.2, -0.15) is 8.42 Å². The third-order valence-electron chi connectivity index (χ3n) is 6.28. The molecule has 0 unspecified atom stereocenters. The molecule has 24 heavy (non-hydrogen) atoms. The number of nitrogens with two attached hydrogens (primary N) is 1.